The van der Waals surface area contributed by atoms with Crippen LogP contribution in [0.3, 0.4) is 0 Å². The third kappa shape index (κ3) is 43.5. The molecule has 0 aromatic heterocycles. The van der Waals surface area contributed by atoms with Crippen LogP contribution in [0.5, 0.6) is 0 Å². The normalized spacial score (nSPS) is 13.5. The van der Waals surface area contributed by atoms with E-state index in [0.29, 0.717) is 6.42 Å². The smallest absolute Gasteiger partial charge is 0.463 e. The molecule has 9 nitrogen and oxygen atoms in total. The maximum Gasteiger partial charge on any atom is 0.472 e. The zero-order chi connectivity index (χ0) is 40.3. The third-order valence-corrected chi connectivity index (χ3v) is 10.9. The van der Waals surface area contributed by atoms with Gasteiger partial charge in [-0.15, -0.1) is 0 Å². The number of ether oxygens (including phenoxy) is 1. The molecule has 0 spiro atoms. The molecule has 0 fully saturated rings. The summed E-state index contributed by atoms with van der Waals surface area (Å²) in [7, 11) is -4.41. The number of rotatable bonds is 43. The van der Waals surface area contributed by atoms with Crippen LogP contribution in [0.2, 0.25) is 0 Å². The van der Waals surface area contributed by atoms with Crippen molar-refractivity contribution in [3.05, 3.63) is 24.3 Å². The standard InChI is InChI=1S/C45H86NO8P/c1-3-5-7-9-11-13-15-17-19-20-21-22-24-25-27-29-31-33-35-37-44(48)46-39-40-53-55(50,51)54-42-43(47)41-52-45(49)38-36-34-32-30-28-26-23-18-16-14-12-10-8-6-4-2/h11,13,17,19,43,47H,3-10,12,14-16,18,20-42H2,1-2H3,(H,46,48)(H,50,51)/b13-11-,19-17-. The first-order valence-electron chi connectivity index (χ1n) is 22.8. The largest absolute Gasteiger partial charge is 0.472 e. The first-order chi connectivity index (χ1) is 26.8. The summed E-state index contributed by atoms with van der Waals surface area (Å²) in [6.45, 7) is 3.55. The van der Waals surface area contributed by atoms with Gasteiger partial charge in [0.2, 0.25) is 5.91 Å². The van der Waals surface area contributed by atoms with Crippen molar-refractivity contribution in [2.24, 2.45) is 0 Å². The zero-order valence-electron chi connectivity index (χ0n) is 35.6. The van der Waals surface area contributed by atoms with E-state index in [2.05, 4.69) is 43.5 Å². The predicted molar refractivity (Wildman–Crippen MR) is 229 cm³/mol. The molecule has 3 N–H and O–H groups in total. The molecule has 0 saturated carbocycles. The van der Waals surface area contributed by atoms with E-state index in [-0.39, 0.29) is 32.1 Å². The quantitative estimate of drug-likeness (QED) is 0.0240. The molecular formula is C45H86NO8P. The Hall–Kier alpha value is -1.51. The van der Waals surface area contributed by atoms with Gasteiger partial charge < -0.3 is 20.1 Å². The summed E-state index contributed by atoms with van der Waals surface area (Å²) in [5.74, 6) is -0.513. The Bertz CT molecular complexity index is 959. The van der Waals surface area contributed by atoms with E-state index in [1.54, 1.807) is 0 Å². The van der Waals surface area contributed by atoms with Gasteiger partial charge in [0.1, 0.15) is 12.7 Å². The number of unbranched alkanes of at least 4 members (excludes halogenated alkanes) is 26. The number of aliphatic hydroxyl groups excluding tert-OH is 1. The van der Waals surface area contributed by atoms with Crippen molar-refractivity contribution in [2.75, 3.05) is 26.4 Å². The number of esters is 1. The van der Waals surface area contributed by atoms with E-state index in [4.69, 9.17) is 13.8 Å². The van der Waals surface area contributed by atoms with Gasteiger partial charge >= 0.3 is 13.8 Å². The van der Waals surface area contributed by atoms with Crippen LogP contribution < -0.4 is 5.32 Å². The van der Waals surface area contributed by atoms with Crippen molar-refractivity contribution >= 4 is 19.7 Å². The minimum atomic E-state index is -4.41. The van der Waals surface area contributed by atoms with Crippen molar-refractivity contribution in [1.29, 1.82) is 0 Å². The molecule has 55 heavy (non-hydrogen) atoms. The topological polar surface area (TPSA) is 131 Å². The lowest BCUT2D eigenvalue weighted by Gasteiger charge is -2.15. The summed E-state index contributed by atoms with van der Waals surface area (Å²) >= 11 is 0. The van der Waals surface area contributed by atoms with Gasteiger partial charge in [-0.2, -0.15) is 0 Å². The summed E-state index contributed by atoms with van der Waals surface area (Å²) < 4.78 is 26.9. The third-order valence-electron chi connectivity index (χ3n) is 9.88. The van der Waals surface area contributed by atoms with E-state index in [9.17, 15) is 24.2 Å². The monoisotopic (exact) mass is 800 g/mol. The van der Waals surface area contributed by atoms with Gasteiger partial charge in [0.15, 0.2) is 0 Å². The molecule has 0 aromatic carbocycles. The summed E-state index contributed by atoms with van der Waals surface area (Å²) in [6, 6.07) is 0. The van der Waals surface area contributed by atoms with Crippen LogP contribution in [0.25, 0.3) is 0 Å². The Morgan fingerprint density at radius 2 is 0.982 bits per heavy atom. The average Bonchev–Trinajstić information content (AvgIpc) is 3.17. The number of carbonyl (C=O) groups excluding carboxylic acids is 2. The minimum Gasteiger partial charge on any atom is -0.463 e. The van der Waals surface area contributed by atoms with Gasteiger partial charge in [-0.3, -0.25) is 18.6 Å². The summed E-state index contributed by atoms with van der Waals surface area (Å²) in [6.07, 6.45) is 45.3. The van der Waals surface area contributed by atoms with E-state index < -0.39 is 26.5 Å². The molecule has 324 valence electrons. The number of carbonyl (C=O) groups is 2. The number of phosphoric ester groups is 1. The fourth-order valence-corrected chi connectivity index (χ4v) is 7.17. The minimum absolute atomic E-state index is 0.0815. The molecule has 2 unspecified atom stereocenters. The predicted octanol–water partition coefficient (Wildman–Crippen LogP) is 12.8. The van der Waals surface area contributed by atoms with Crippen LogP contribution in [0, 0.1) is 0 Å². The van der Waals surface area contributed by atoms with E-state index in [1.807, 2.05) is 0 Å². The van der Waals surface area contributed by atoms with Gasteiger partial charge in [0.25, 0.3) is 0 Å². The molecular weight excluding hydrogens is 713 g/mol. The van der Waals surface area contributed by atoms with Crippen LogP contribution in [-0.2, 0) is 27.9 Å². The number of amides is 1. The molecule has 0 aromatic rings. The molecule has 0 aliphatic carbocycles. The van der Waals surface area contributed by atoms with Gasteiger partial charge in [-0.25, -0.2) is 4.57 Å². The Kier molecular flexibility index (Phi) is 40.9. The van der Waals surface area contributed by atoms with Crippen molar-refractivity contribution in [1.82, 2.24) is 5.32 Å². The average molecular weight is 800 g/mol. The Labute approximate surface area is 338 Å². The number of aliphatic hydroxyl groups is 1. The number of phosphoric acid groups is 1. The Balaban J connectivity index is 3.57. The maximum absolute atomic E-state index is 12.1. The van der Waals surface area contributed by atoms with Crippen LogP contribution in [0.15, 0.2) is 24.3 Å². The molecule has 0 bridgehead atoms. The molecule has 10 heteroatoms. The molecule has 1 amide bonds. The van der Waals surface area contributed by atoms with E-state index in [0.717, 1.165) is 44.9 Å². The van der Waals surface area contributed by atoms with Gasteiger partial charge in [0.05, 0.1) is 13.2 Å². The van der Waals surface area contributed by atoms with Crippen LogP contribution >= 0.6 is 7.82 Å². The summed E-state index contributed by atoms with van der Waals surface area (Å²) in [4.78, 5) is 33.9. The van der Waals surface area contributed by atoms with Gasteiger partial charge in [-0.1, -0.05) is 186 Å². The van der Waals surface area contributed by atoms with Gasteiger partial charge in [-0.05, 0) is 44.9 Å². The Morgan fingerprint density at radius 3 is 1.49 bits per heavy atom. The fraction of sp³-hybridized carbons (Fsp3) is 0.867. The van der Waals surface area contributed by atoms with E-state index >= 15 is 0 Å². The second-order valence-corrected chi connectivity index (χ2v) is 16.8. The zero-order valence-corrected chi connectivity index (χ0v) is 36.5. The van der Waals surface area contributed by atoms with Crippen LogP contribution in [0.4, 0.5) is 0 Å². The first kappa shape index (κ1) is 53.5. The molecule has 0 heterocycles. The lowest BCUT2D eigenvalue weighted by molar-refractivity contribution is -0.147. The highest BCUT2D eigenvalue weighted by Gasteiger charge is 2.23. The Morgan fingerprint density at radius 1 is 0.564 bits per heavy atom. The lowest BCUT2D eigenvalue weighted by Crippen LogP contribution is -2.27. The highest BCUT2D eigenvalue weighted by molar-refractivity contribution is 7.47. The number of allylic oxidation sites excluding steroid dienone is 4. The van der Waals surface area contributed by atoms with Crippen LogP contribution in [-0.4, -0.2) is 54.3 Å². The highest BCUT2D eigenvalue weighted by Crippen LogP contribution is 2.42. The number of nitrogens with one attached hydrogen (secondary N) is 1. The molecule has 0 aliphatic rings. The first-order valence-corrected chi connectivity index (χ1v) is 24.3. The van der Waals surface area contributed by atoms with Crippen molar-refractivity contribution in [3.8, 4) is 0 Å². The molecule has 0 saturated heterocycles. The number of hydrogen-bond donors (Lipinski definition) is 3. The fourth-order valence-electron chi connectivity index (χ4n) is 6.41. The van der Waals surface area contributed by atoms with Crippen molar-refractivity contribution < 1.29 is 37.9 Å². The van der Waals surface area contributed by atoms with Crippen molar-refractivity contribution in [3.63, 3.8) is 0 Å². The molecule has 0 rings (SSSR count). The van der Waals surface area contributed by atoms with Crippen LogP contribution in [0.1, 0.15) is 219 Å². The molecule has 0 radical (unpaired) electrons. The SMILES string of the molecule is CCCCC/C=C\C/C=C\CCCCCCCCCCCC(=O)NCCOP(=O)(O)OCC(O)COC(=O)CCCCCCCCCCCCCCCCC. The lowest BCUT2D eigenvalue weighted by atomic mass is 10.0. The van der Waals surface area contributed by atoms with Gasteiger partial charge in [0, 0.05) is 19.4 Å². The molecule has 2 atom stereocenters. The second kappa shape index (κ2) is 42.1. The second-order valence-electron chi connectivity index (χ2n) is 15.4. The van der Waals surface area contributed by atoms with E-state index in [1.165, 1.54) is 148 Å². The summed E-state index contributed by atoms with van der Waals surface area (Å²) in [5.41, 5.74) is 0. The summed E-state index contributed by atoms with van der Waals surface area (Å²) in [5, 5.41) is 12.7. The molecule has 0 aliphatic heterocycles. The number of hydrogen-bond acceptors (Lipinski definition) is 7. The van der Waals surface area contributed by atoms with Crippen molar-refractivity contribution in [2.45, 2.75) is 225 Å². The highest BCUT2D eigenvalue weighted by atomic mass is 31.2. The maximum atomic E-state index is 12.1.